The molecule has 0 unspecified atom stereocenters. The molecule has 0 radical (unpaired) electrons. The summed E-state index contributed by atoms with van der Waals surface area (Å²) < 4.78 is 5.34. The molecule has 1 rings (SSSR count). The van der Waals surface area contributed by atoms with Gasteiger partial charge in [0.25, 0.3) is 0 Å². The molecule has 0 aliphatic rings. The van der Waals surface area contributed by atoms with Crippen LogP contribution in [0, 0.1) is 0 Å². The van der Waals surface area contributed by atoms with Crippen LogP contribution in [-0.4, -0.2) is 49.3 Å². The molecule has 1 aromatic carbocycles. The van der Waals surface area contributed by atoms with Crippen LogP contribution in [0.5, 0.6) is 0 Å². The number of urea groups is 1. The van der Waals surface area contributed by atoms with Crippen LogP contribution in [0.4, 0.5) is 10.5 Å². The summed E-state index contributed by atoms with van der Waals surface area (Å²) in [6.45, 7) is 0.884. The van der Waals surface area contributed by atoms with Gasteiger partial charge in [-0.2, -0.15) is 0 Å². The van der Waals surface area contributed by atoms with E-state index < -0.39 is 5.97 Å². The molecular weight excluding hydrogens is 316 g/mol. The number of halogens is 1. The molecule has 2 amide bonds. The second-order valence-electron chi connectivity index (χ2n) is 3.84. The van der Waals surface area contributed by atoms with Crippen LogP contribution in [0.2, 0.25) is 0 Å². The van der Waals surface area contributed by atoms with Gasteiger partial charge in [0.15, 0.2) is 0 Å². The van der Waals surface area contributed by atoms with E-state index in [1.54, 1.807) is 26.3 Å². The van der Waals surface area contributed by atoms with Crippen LogP contribution in [-0.2, 0) is 4.74 Å². The molecule has 0 heterocycles. The lowest BCUT2D eigenvalue weighted by atomic mass is 10.2. The van der Waals surface area contributed by atoms with Crippen molar-refractivity contribution in [3.8, 4) is 0 Å². The van der Waals surface area contributed by atoms with E-state index in [2.05, 4.69) is 21.2 Å². The Morgan fingerprint density at radius 3 is 2.74 bits per heavy atom. The van der Waals surface area contributed by atoms with Gasteiger partial charge in [0.05, 0.1) is 12.2 Å². The van der Waals surface area contributed by atoms with Gasteiger partial charge in [-0.1, -0.05) is 0 Å². The molecule has 0 bridgehead atoms. The van der Waals surface area contributed by atoms with Crippen molar-refractivity contribution in [1.82, 2.24) is 4.90 Å². The van der Waals surface area contributed by atoms with Crippen molar-refractivity contribution in [2.75, 3.05) is 32.6 Å². The lowest BCUT2D eigenvalue weighted by Crippen LogP contribution is -2.33. The number of ether oxygens (including phenoxy) is 1. The summed E-state index contributed by atoms with van der Waals surface area (Å²) in [4.78, 5) is 24.2. The minimum atomic E-state index is -1.06. The average Bonchev–Trinajstić information content (AvgIpc) is 2.37. The topological polar surface area (TPSA) is 78.9 Å². The smallest absolute Gasteiger partial charge is 0.336 e. The highest BCUT2D eigenvalue weighted by molar-refractivity contribution is 9.10. The molecule has 7 heteroatoms. The number of likely N-dealkylation sites (N-methyl/N-ethyl adjacent to an activating group) is 1. The van der Waals surface area contributed by atoms with Gasteiger partial charge < -0.3 is 20.1 Å². The zero-order chi connectivity index (χ0) is 14.4. The SMILES string of the molecule is COCCN(C)C(=O)Nc1ccc(Br)c(C(=O)O)c1. The van der Waals surface area contributed by atoms with Gasteiger partial charge >= 0.3 is 12.0 Å². The fraction of sp³-hybridized carbons (Fsp3) is 0.333. The average molecular weight is 331 g/mol. The molecule has 0 spiro atoms. The number of methoxy groups -OCH3 is 1. The van der Waals surface area contributed by atoms with Crippen LogP contribution in [0.3, 0.4) is 0 Å². The Kier molecular flexibility index (Phi) is 5.78. The van der Waals surface area contributed by atoms with Crippen molar-refractivity contribution in [3.63, 3.8) is 0 Å². The number of anilines is 1. The molecule has 0 fully saturated rings. The number of carbonyl (C=O) groups is 2. The van der Waals surface area contributed by atoms with Crippen molar-refractivity contribution in [2.24, 2.45) is 0 Å². The Balaban J connectivity index is 2.74. The largest absolute Gasteiger partial charge is 0.478 e. The molecule has 0 aliphatic heterocycles. The number of amides is 2. The summed E-state index contributed by atoms with van der Waals surface area (Å²) in [6.07, 6.45) is 0. The maximum atomic E-state index is 11.8. The Bertz CT molecular complexity index is 479. The summed E-state index contributed by atoms with van der Waals surface area (Å²) in [5.41, 5.74) is 0.521. The normalized spacial score (nSPS) is 10.1. The quantitative estimate of drug-likeness (QED) is 0.867. The molecule has 0 atom stereocenters. The molecular formula is C12H15BrN2O4. The van der Waals surface area contributed by atoms with Crippen LogP contribution in [0.1, 0.15) is 10.4 Å². The van der Waals surface area contributed by atoms with E-state index in [-0.39, 0.29) is 11.6 Å². The van der Waals surface area contributed by atoms with Gasteiger partial charge in [0.1, 0.15) is 0 Å². The molecule has 19 heavy (non-hydrogen) atoms. The lowest BCUT2D eigenvalue weighted by molar-refractivity contribution is 0.0696. The first-order chi connectivity index (χ1) is 8.95. The standard InChI is InChI=1S/C12H15BrN2O4/c1-15(5-6-19-2)12(18)14-8-3-4-10(13)9(7-8)11(16)17/h3-4,7H,5-6H2,1-2H3,(H,14,18)(H,16,17). The van der Waals surface area contributed by atoms with E-state index in [0.29, 0.717) is 23.3 Å². The molecule has 104 valence electrons. The van der Waals surface area contributed by atoms with Crippen molar-refractivity contribution in [2.45, 2.75) is 0 Å². The predicted molar refractivity (Wildman–Crippen MR) is 74.6 cm³/mol. The van der Waals surface area contributed by atoms with Crippen molar-refractivity contribution < 1.29 is 19.4 Å². The summed E-state index contributed by atoms with van der Waals surface area (Å²) in [6, 6.07) is 4.28. The minimum Gasteiger partial charge on any atom is -0.478 e. The first-order valence-corrected chi connectivity index (χ1v) is 6.29. The van der Waals surface area contributed by atoms with E-state index in [1.807, 2.05) is 0 Å². The number of rotatable bonds is 5. The molecule has 0 aromatic heterocycles. The van der Waals surface area contributed by atoms with E-state index in [9.17, 15) is 9.59 Å². The number of carboxylic acid groups (broad SMARTS) is 1. The van der Waals surface area contributed by atoms with Gasteiger partial charge in [-0.25, -0.2) is 9.59 Å². The second kappa shape index (κ2) is 7.10. The first-order valence-electron chi connectivity index (χ1n) is 5.49. The van der Waals surface area contributed by atoms with Gasteiger partial charge in [-0.3, -0.25) is 0 Å². The van der Waals surface area contributed by atoms with E-state index >= 15 is 0 Å². The third-order valence-corrected chi connectivity index (χ3v) is 3.12. The highest BCUT2D eigenvalue weighted by atomic mass is 79.9. The number of hydrogen-bond acceptors (Lipinski definition) is 3. The number of aromatic carboxylic acids is 1. The summed E-state index contributed by atoms with van der Waals surface area (Å²) >= 11 is 3.14. The van der Waals surface area contributed by atoms with Gasteiger partial charge in [0, 0.05) is 30.9 Å². The molecule has 0 saturated carbocycles. The van der Waals surface area contributed by atoms with Crippen LogP contribution < -0.4 is 5.32 Å². The van der Waals surface area contributed by atoms with Crippen LogP contribution >= 0.6 is 15.9 Å². The lowest BCUT2D eigenvalue weighted by Gasteiger charge is -2.17. The van der Waals surface area contributed by atoms with Crippen molar-refractivity contribution in [3.05, 3.63) is 28.2 Å². The van der Waals surface area contributed by atoms with Crippen LogP contribution in [0.15, 0.2) is 22.7 Å². The van der Waals surface area contributed by atoms with Gasteiger partial charge in [-0.05, 0) is 34.1 Å². The maximum Gasteiger partial charge on any atom is 0.336 e. The Labute approximate surface area is 119 Å². The Morgan fingerprint density at radius 2 is 2.16 bits per heavy atom. The molecule has 6 nitrogen and oxygen atoms in total. The fourth-order valence-corrected chi connectivity index (χ4v) is 1.73. The summed E-state index contributed by atoms with van der Waals surface area (Å²) in [5.74, 6) is -1.06. The van der Waals surface area contributed by atoms with E-state index in [4.69, 9.17) is 9.84 Å². The third kappa shape index (κ3) is 4.53. The second-order valence-corrected chi connectivity index (χ2v) is 4.70. The number of nitrogens with zero attached hydrogens (tertiary/aromatic N) is 1. The first kappa shape index (κ1) is 15.5. The maximum absolute atomic E-state index is 11.8. The fourth-order valence-electron chi connectivity index (χ4n) is 1.32. The van der Waals surface area contributed by atoms with Crippen molar-refractivity contribution in [1.29, 1.82) is 0 Å². The summed E-state index contributed by atoms with van der Waals surface area (Å²) in [7, 11) is 3.19. The zero-order valence-corrected chi connectivity index (χ0v) is 12.2. The van der Waals surface area contributed by atoms with Gasteiger partial charge in [-0.15, -0.1) is 0 Å². The van der Waals surface area contributed by atoms with Crippen molar-refractivity contribution >= 4 is 33.6 Å². The predicted octanol–water partition coefficient (Wildman–Crippen LogP) is 2.26. The minimum absolute atomic E-state index is 0.0948. The number of benzene rings is 1. The van der Waals surface area contributed by atoms with E-state index in [0.717, 1.165) is 0 Å². The highest BCUT2D eigenvalue weighted by Crippen LogP contribution is 2.21. The monoisotopic (exact) mass is 330 g/mol. The number of carboxylic acids is 1. The molecule has 2 N–H and O–H groups in total. The number of nitrogens with one attached hydrogen (secondary N) is 1. The third-order valence-electron chi connectivity index (χ3n) is 2.43. The number of carbonyl (C=O) groups excluding carboxylic acids is 1. The zero-order valence-electron chi connectivity index (χ0n) is 10.6. The Morgan fingerprint density at radius 1 is 1.47 bits per heavy atom. The van der Waals surface area contributed by atoms with Crippen LogP contribution in [0.25, 0.3) is 0 Å². The highest BCUT2D eigenvalue weighted by Gasteiger charge is 2.12. The molecule has 0 aliphatic carbocycles. The molecule has 0 saturated heterocycles. The van der Waals surface area contributed by atoms with E-state index in [1.165, 1.54) is 11.0 Å². The molecule has 1 aromatic rings. The summed E-state index contributed by atoms with van der Waals surface area (Å²) in [5, 5.41) is 11.6. The Hall–Kier alpha value is -1.60. The number of hydrogen-bond donors (Lipinski definition) is 2. The van der Waals surface area contributed by atoms with Gasteiger partial charge in [0.2, 0.25) is 0 Å².